The molecular formula is C29H27N3O9. The minimum absolute atomic E-state index is 0.0323. The number of non-ortho nitro benzene ring substituents is 1. The lowest BCUT2D eigenvalue weighted by molar-refractivity contribution is -0.384. The first kappa shape index (κ1) is 27.7. The zero-order valence-corrected chi connectivity index (χ0v) is 22.1. The summed E-state index contributed by atoms with van der Waals surface area (Å²) in [6, 6.07) is 7.71. The van der Waals surface area contributed by atoms with Gasteiger partial charge in [0.25, 0.3) is 11.6 Å². The molecule has 0 radical (unpaired) electrons. The Bertz CT molecular complexity index is 1640. The molecule has 41 heavy (non-hydrogen) atoms. The standard InChI is InChI=1S/C29H27N3O9/c1-31(2)23-18-12-15-11-17-14(7-6-13-4-3-5-16(10-13)32(40)41)8-9-19(33)21(17)24(34)20(15)26(36)29(18,39)27(37)22(25(23)35)28(30)38/h3-10,15,18,23,33-34,37,39H,11-12H2,1-2H3,(H2,30,38)/t15-,18-,23-,29-/m0/s1. The van der Waals surface area contributed by atoms with Crippen LogP contribution in [0.4, 0.5) is 5.69 Å². The largest absolute Gasteiger partial charge is 0.508 e. The lowest BCUT2D eigenvalue weighted by Crippen LogP contribution is -2.65. The van der Waals surface area contributed by atoms with Gasteiger partial charge in [0.05, 0.1) is 16.5 Å². The number of Topliss-reactive ketones (excluding diaryl/α,β-unsaturated/α-hetero) is 2. The van der Waals surface area contributed by atoms with Gasteiger partial charge in [-0.15, -0.1) is 0 Å². The number of hydrogen-bond donors (Lipinski definition) is 5. The first-order chi connectivity index (χ1) is 19.3. The van der Waals surface area contributed by atoms with Gasteiger partial charge in [-0.3, -0.25) is 29.4 Å². The summed E-state index contributed by atoms with van der Waals surface area (Å²) in [6.07, 6.45) is 3.39. The van der Waals surface area contributed by atoms with Crippen LogP contribution in [0.15, 0.2) is 53.3 Å². The predicted molar refractivity (Wildman–Crippen MR) is 146 cm³/mol. The van der Waals surface area contributed by atoms with E-state index in [9.17, 15) is 44.9 Å². The van der Waals surface area contributed by atoms with Crippen LogP contribution in [-0.2, 0) is 20.8 Å². The minimum atomic E-state index is -2.71. The highest BCUT2D eigenvalue weighted by atomic mass is 16.6. The Labute approximate surface area is 233 Å². The second-order valence-electron chi connectivity index (χ2n) is 10.7. The van der Waals surface area contributed by atoms with Gasteiger partial charge in [-0.05, 0) is 55.6 Å². The van der Waals surface area contributed by atoms with Gasteiger partial charge in [-0.25, -0.2) is 0 Å². The predicted octanol–water partition coefficient (Wildman–Crippen LogP) is 2.04. The topological polar surface area (TPSA) is 205 Å². The lowest BCUT2D eigenvalue weighted by atomic mass is 9.57. The number of aliphatic hydroxyl groups is 3. The number of ketones is 2. The van der Waals surface area contributed by atoms with Crippen LogP contribution >= 0.6 is 0 Å². The molecule has 0 aromatic heterocycles. The Morgan fingerprint density at radius 1 is 1.15 bits per heavy atom. The molecule has 1 saturated carbocycles. The first-order valence-electron chi connectivity index (χ1n) is 12.7. The van der Waals surface area contributed by atoms with E-state index in [0.717, 1.165) is 0 Å². The lowest BCUT2D eigenvalue weighted by Gasteiger charge is -2.50. The molecule has 0 aliphatic heterocycles. The van der Waals surface area contributed by atoms with Gasteiger partial charge in [-0.2, -0.15) is 0 Å². The van der Waals surface area contributed by atoms with E-state index in [1.165, 1.54) is 37.2 Å². The minimum Gasteiger partial charge on any atom is -0.508 e. The monoisotopic (exact) mass is 561 g/mol. The summed E-state index contributed by atoms with van der Waals surface area (Å²) in [5.41, 5.74) is 2.97. The van der Waals surface area contributed by atoms with E-state index in [4.69, 9.17) is 5.73 Å². The van der Waals surface area contributed by atoms with Crippen molar-refractivity contribution in [1.29, 1.82) is 0 Å². The number of phenolic OH excluding ortho intramolecular Hbond substituents is 1. The van der Waals surface area contributed by atoms with Gasteiger partial charge in [0.15, 0.2) is 11.4 Å². The maximum absolute atomic E-state index is 13.9. The van der Waals surface area contributed by atoms with E-state index in [0.29, 0.717) is 16.7 Å². The van der Waals surface area contributed by atoms with Crippen LogP contribution in [0.1, 0.15) is 28.7 Å². The number of benzene rings is 2. The summed E-state index contributed by atoms with van der Waals surface area (Å²) >= 11 is 0. The van der Waals surface area contributed by atoms with Crippen LogP contribution in [0.5, 0.6) is 5.75 Å². The average molecular weight is 562 g/mol. The number of carbonyl (C=O) groups excluding carboxylic acids is 3. The van der Waals surface area contributed by atoms with E-state index >= 15 is 0 Å². The Morgan fingerprint density at radius 2 is 1.85 bits per heavy atom. The van der Waals surface area contributed by atoms with Gasteiger partial charge in [0.2, 0.25) is 5.78 Å². The summed E-state index contributed by atoms with van der Waals surface area (Å²) in [6.45, 7) is 0. The van der Waals surface area contributed by atoms with Crippen molar-refractivity contribution in [2.24, 2.45) is 17.6 Å². The maximum Gasteiger partial charge on any atom is 0.270 e. The average Bonchev–Trinajstić information content (AvgIpc) is 2.90. The number of phenols is 1. The van der Waals surface area contributed by atoms with Crippen molar-refractivity contribution < 1.29 is 39.7 Å². The first-order valence-corrected chi connectivity index (χ1v) is 12.7. The number of aromatic hydroxyl groups is 1. The summed E-state index contributed by atoms with van der Waals surface area (Å²) in [5.74, 6) is -7.18. The second kappa shape index (κ2) is 9.68. The molecule has 0 saturated heterocycles. The fourth-order valence-corrected chi connectivity index (χ4v) is 6.35. The van der Waals surface area contributed by atoms with E-state index < -0.39 is 63.0 Å². The van der Waals surface area contributed by atoms with E-state index in [1.54, 1.807) is 30.4 Å². The van der Waals surface area contributed by atoms with Crippen LogP contribution in [0.25, 0.3) is 17.9 Å². The molecule has 0 spiro atoms. The van der Waals surface area contributed by atoms with E-state index in [-0.39, 0.29) is 35.4 Å². The van der Waals surface area contributed by atoms with Gasteiger partial charge in [0, 0.05) is 23.6 Å². The van der Waals surface area contributed by atoms with Crippen molar-refractivity contribution in [1.82, 2.24) is 4.90 Å². The number of aliphatic hydroxyl groups excluding tert-OH is 2. The highest BCUT2D eigenvalue weighted by molar-refractivity contribution is 6.24. The number of fused-ring (bicyclic) bond motifs is 3. The molecule has 3 aliphatic carbocycles. The summed E-state index contributed by atoms with van der Waals surface area (Å²) in [7, 11) is 3.06. The molecule has 6 N–H and O–H groups in total. The van der Waals surface area contributed by atoms with Crippen molar-refractivity contribution in [3.8, 4) is 5.75 Å². The molecule has 1 fully saturated rings. The highest BCUT2D eigenvalue weighted by Gasteiger charge is 2.64. The molecule has 4 atom stereocenters. The van der Waals surface area contributed by atoms with Crippen molar-refractivity contribution in [3.63, 3.8) is 0 Å². The zero-order chi connectivity index (χ0) is 30.0. The van der Waals surface area contributed by atoms with Crippen molar-refractivity contribution in [3.05, 3.63) is 85.7 Å². The second-order valence-corrected chi connectivity index (χ2v) is 10.7. The molecule has 12 heteroatoms. The zero-order valence-electron chi connectivity index (χ0n) is 22.1. The molecule has 212 valence electrons. The molecule has 2 aromatic rings. The molecule has 0 heterocycles. The third-order valence-electron chi connectivity index (χ3n) is 8.18. The number of likely N-dealkylation sites (N-methyl/N-ethyl adjacent to an activating group) is 1. The van der Waals surface area contributed by atoms with Gasteiger partial charge in [-0.1, -0.05) is 30.4 Å². The number of primary amides is 1. The van der Waals surface area contributed by atoms with Crippen LogP contribution in [-0.4, -0.2) is 73.5 Å². The molecule has 0 bridgehead atoms. The van der Waals surface area contributed by atoms with Crippen LogP contribution in [0.3, 0.4) is 0 Å². The smallest absolute Gasteiger partial charge is 0.270 e. The number of carbonyl (C=O) groups is 3. The van der Waals surface area contributed by atoms with Crippen LogP contribution in [0.2, 0.25) is 0 Å². The number of nitro benzene ring substituents is 1. The van der Waals surface area contributed by atoms with Crippen molar-refractivity contribution in [2.75, 3.05) is 14.1 Å². The van der Waals surface area contributed by atoms with Crippen LogP contribution < -0.4 is 5.73 Å². The number of nitro groups is 1. The third kappa shape index (κ3) is 4.10. The Balaban J connectivity index is 1.65. The molecular weight excluding hydrogens is 534 g/mol. The quantitative estimate of drug-likeness (QED) is 0.155. The van der Waals surface area contributed by atoms with Crippen molar-refractivity contribution in [2.45, 2.75) is 24.5 Å². The van der Waals surface area contributed by atoms with Crippen molar-refractivity contribution >= 4 is 41.1 Å². The molecule has 0 unspecified atom stereocenters. The Kier molecular flexibility index (Phi) is 6.55. The third-order valence-corrected chi connectivity index (χ3v) is 8.18. The molecule has 2 aromatic carbocycles. The summed E-state index contributed by atoms with van der Waals surface area (Å²) < 4.78 is 0. The number of amides is 1. The number of nitrogens with zero attached hydrogens (tertiary/aromatic N) is 2. The summed E-state index contributed by atoms with van der Waals surface area (Å²) in [5, 5.41) is 55.7. The Morgan fingerprint density at radius 3 is 2.49 bits per heavy atom. The number of hydrogen-bond acceptors (Lipinski definition) is 10. The maximum atomic E-state index is 13.9. The fraction of sp³-hybridized carbons (Fsp3) is 0.276. The SMILES string of the molecule is CN(C)[C@@H]1C(=O)C(C(N)=O)=C(O)[C@@]2(O)C(=O)C3=C(O)c4c(O)ccc(C=Cc5cccc([N+](=O)[O-])c5)c4C[C@H]3C[C@@H]12. The normalized spacial score (nSPS) is 25.8. The van der Waals surface area contributed by atoms with Gasteiger partial charge >= 0.3 is 0 Å². The van der Waals surface area contributed by atoms with Crippen LogP contribution in [0, 0.1) is 22.0 Å². The van der Waals surface area contributed by atoms with E-state index in [1.807, 2.05) is 0 Å². The number of nitrogens with two attached hydrogens (primary N) is 1. The molecule has 3 aliphatic rings. The summed E-state index contributed by atoms with van der Waals surface area (Å²) in [4.78, 5) is 51.2. The molecule has 5 rings (SSSR count). The van der Waals surface area contributed by atoms with Gasteiger partial charge in [0.1, 0.15) is 22.8 Å². The number of rotatable bonds is 5. The molecule has 12 nitrogen and oxygen atoms in total. The highest BCUT2D eigenvalue weighted by Crippen LogP contribution is 2.53. The van der Waals surface area contributed by atoms with E-state index in [2.05, 4.69) is 0 Å². The van der Waals surface area contributed by atoms with Gasteiger partial charge < -0.3 is 26.2 Å². The Hall–Kier alpha value is -4.81. The fourth-order valence-electron chi connectivity index (χ4n) is 6.35. The molecule has 1 amide bonds.